The van der Waals surface area contributed by atoms with Crippen molar-refractivity contribution < 1.29 is 4.42 Å². The molecule has 0 aliphatic heterocycles. The summed E-state index contributed by atoms with van der Waals surface area (Å²) in [6.45, 7) is 4.72. The summed E-state index contributed by atoms with van der Waals surface area (Å²) >= 11 is 0. The second kappa shape index (κ2) is 14.1. The van der Waals surface area contributed by atoms with E-state index in [1.807, 2.05) is 30.3 Å². The van der Waals surface area contributed by atoms with Crippen LogP contribution in [0.15, 0.2) is 211 Å². The molecular weight excluding hydrogens is 753 g/mol. The van der Waals surface area contributed by atoms with Crippen LogP contribution < -0.4 is 0 Å². The zero-order valence-corrected chi connectivity index (χ0v) is 34.4. The van der Waals surface area contributed by atoms with Crippen molar-refractivity contribution in [1.82, 2.24) is 9.97 Å². The first-order chi connectivity index (χ1) is 30.5. The van der Waals surface area contributed by atoms with Gasteiger partial charge in [-0.2, -0.15) is 0 Å². The molecule has 0 atom stereocenters. The molecule has 11 aromatic rings. The van der Waals surface area contributed by atoms with Crippen LogP contribution in [0, 0.1) is 0 Å². The van der Waals surface area contributed by atoms with Crippen LogP contribution in [0.4, 0.5) is 0 Å². The van der Waals surface area contributed by atoms with Gasteiger partial charge in [-0.1, -0.05) is 172 Å². The van der Waals surface area contributed by atoms with Gasteiger partial charge in [0.15, 0.2) is 5.82 Å². The van der Waals surface area contributed by atoms with Gasteiger partial charge >= 0.3 is 0 Å². The number of hydrogen-bond donors (Lipinski definition) is 0. The van der Waals surface area contributed by atoms with E-state index in [-0.39, 0.29) is 5.41 Å². The third kappa shape index (κ3) is 5.89. The monoisotopic (exact) mass is 792 g/mol. The molecule has 3 nitrogen and oxygen atoms in total. The molecule has 0 bridgehead atoms. The molecule has 0 saturated carbocycles. The largest absolute Gasteiger partial charge is 0.455 e. The summed E-state index contributed by atoms with van der Waals surface area (Å²) in [5, 5.41) is 4.76. The van der Waals surface area contributed by atoms with E-state index >= 15 is 0 Å². The Hall–Kier alpha value is -7.88. The van der Waals surface area contributed by atoms with E-state index in [0.717, 1.165) is 77.8 Å². The predicted octanol–water partition coefficient (Wildman–Crippen LogP) is 15.8. The highest BCUT2D eigenvalue weighted by Crippen LogP contribution is 2.51. The standard InChI is InChI=1S/C59H40N2O/c1-59(2)52-35-41(28-29-47(52)51-33-39-20-9-10-21-40(39)34-53(51)59)45-22-11-12-23-48(45)55-36-54(60-58(61-55)38-18-7-4-8-19-38)44-31-42(37-16-5-3-6-17-37)30-43(32-44)46-25-15-26-50-49-24-13-14-27-56(49)62-57(46)50/h3-36H,1-2H3. The highest BCUT2D eigenvalue weighted by molar-refractivity contribution is 6.10. The maximum absolute atomic E-state index is 6.59. The smallest absolute Gasteiger partial charge is 0.160 e. The van der Waals surface area contributed by atoms with Crippen LogP contribution in [0.5, 0.6) is 0 Å². The van der Waals surface area contributed by atoms with E-state index in [1.54, 1.807) is 0 Å². The number of para-hydroxylation sites is 2. The fourth-order valence-corrected chi connectivity index (χ4v) is 9.70. The van der Waals surface area contributed by atoms with Gasteiger partial charge in [0.2, 0.25) is 0 Å². The van der Waals surface area contributed by atoms with E-state index in [2.05, 4.69) is 190 Å². The maximum Gasteiger partial charge on any atom is 0.160 e. The molecule has 0 unspecified atom stereocenters. The summed E-state index contributed by atoms with van der Waals surface area (Å²) in [5.41, 5.74) is 18.3. The number of furan rings is 1. The van der Waals surface area contributed by atoms with Crippen LogP contribution in [0.1, 0.15) is 25.0 Å². The van der Waals surface area contributed by atoms with Crippen molar-refractivity contribution in [3.63, 3.8) is 0 Å². The number of nitrogens with zero attached hydrogens (tertiary/aromatic N) is 2. The fraction of sp³-hybridized carbons (Fsp3) is 0.0508. The van der Waals surface area contributed by atoms with Gasteiger partial charge in [0, 0.05) is 38.4 Å². The second-order valence-corrected chi connectivity index (χ2v) is 16.9. The van der Waals surface area contributed by atoms with Gasteiger partial charge in [-0.3, -0.25) is 0 Å². The van der Waals surface area contributed by atoms with Gasteiger partial charge in [0.05, 0.1) is 11.4 Å². The number of benzene rings is 9. The van der Waals surface area contributed by atoms with E-state index in [0.29, 0.717) is 5.82 Å². The second-order valence-electron chi connectivity index (χ2n) is 16.9. The topological polar surface area (TPSA) is 38.9 Å². The van der Waals surface area contributed by atoms with Gasteiger partial charge in [0.1, 0.15) is 11.2 Å². The lowest BCUT2D eigenvalue weighted by Gasteiger charge is -2.22. The van der Waals surface area contributed by atoms with Gasteiger partial charge in [-0.15, -0.1) is 0 Å². The molecule has 1 aliphatic rings. The normalized spacial score (nSPS) is 12.8. The van der Waals surface area contributed by atoms with E-state index in [9.17, 15) is 0 Å². The number of hydrogen-bond acceptors (Lipinski definition) is 3. The zero-order chi connectivity index (χ0) is 41.4. The zero-order valence-electron chi connectivity index (χ0n) is 34.4. The molecule has 292 valence electrons. The quantitative estimate of drug-likeness (QED) is 0.168. The molecular formula is C59H40N2O. The fourth-order valence-electron chi connectivity index (χ4n) is 9.70. The minimum Gasteiger partial charge on any atom is -0.455 e. The summed E-state index contributed by atoms with van der Waals surface area (Å²) in [4.78, 5) is 10.7. The molecule has 1 aliphatic carbocycles. The Kier molecular flexibility index (Phi) is 8.20. The van der Waals surface area contributed by atoms with Gasteiger partial charge in [0.25, 0.3) is 0 Å². The molecule has 0 N–H and O–H groups in total. The summed E-state index contributed by atoms with van der Waals surface area (Å²) in [7, 11) is 0. The average molecular weight is 793 g/mol. The van der Waals surface area contributed by atoms with Crippen LogP contribution in [0.25, 0.3) is 111 Å². The molecule has 0 saturated heterocycles. The van der Waals surface area contributed by atoms with Crippen molar-refractivity contribution in [1.29, 1.82) is 0 Å². The highest BCUT2D eigenvalue weighted by atomic mass is 16.3. The molecule has 12 rings (SSSR count). The van der Waals surface area contributed by atoms with Crippen molar-refractivity contribution in [3.05, 3.63) is 217 Å². The summed E-state index contributed by atoms with van der Waals surface area (Å²) in [6, 6.07) is 73.7. The molecule has 3 heteroatoms. The van der Waals surface area contributed by atoms with Gasteiger partial charge in [-0.25, -0.2) is 9.97 Å². The highest BCUT2D eigenvalue weighted by Gasteiger charge is 2.36. The van der Waals surface area contributed by atoms with Crippen molar-refractivity contribution >= 4 is 32.7 Å². The van der Waals surface area contributed by atoms with Crippen LogP contribution in [-0.4, -0.2) is 9.97 Å². The van der Waals surface area contributed by atoms with E-state index < -0.39 is 0 Å². The average Bonchev–Trinajstić information content (AvgIpc) is 3.82. The molecule has 0 spiro atoms. The third-order valence-corrected chi connectivity index (χ3v) is 12.9. The Morgan fingerprint density at radius 2 is 0.968 bits per heavy atom. The minimum atomic E-state index is -0.156. The van der Waals surface area contributed by atoms with Crippen LogP contribution in [0.3, 0.4) is 0 Å². The van der Waals surface area contributed by atoms with Gasteiger partial charge < -0.3 is 4.42 Å². The van der Waals surface area contributed by atoms with Crippen LogP contribution in [0.2, 0.25) is 0 Å². The molecule has 0 radical (unpaired) electrons. The summed E-state index contributed by atoms with van der Waals surface area (Å²) in [6.07, 6.45) is 0. The number of aromatic nitrogens is 2. The molecule has 0 amide bonds. The first-order valence-electron chi connectivity index (χ1n) is 21.3. The molecule has 2 heterocycles. The lowest BCUT2D eigenvalue weighted by molar-refractivity contribution is 0.661. The molecule has 2 aromatic heterocycles. The first-order valence-corrected chi connectivity index (χ1v) is 21.3. The Morgan fingerprint density at radius 1 is 0.355 bits per heavy atom. The maximum atomic E-state index is 6.59. The first kappa shape index (κ1) is 36.0. The molecule has 0 fully saturated rings. The lowest BCUT2D eigenvalue weighted by atomic mass is 9.81. The van der Waals surface area contributed by atoms with Crippen LogP contribution in [-0.2, 0) is 5.41 Å². The lowest BCUT2D eigenvalue weighted by Crippen LogP contribution is -2.15. The van der Waals surface area contributed by atoms with Gasteiger partial charge in [-0.05, 0) is 109 Å². The molecule has 9 aromatic carbocycles. The Morgan fingerprint density at radius 3 is 1.79 bits per heavy atom. The SMILES string of the molecule is CC1(C)c2cc(-c3ccccc3-c3cc(-c4cc(-c5ccccc5)cc(-c5cccc6c5oc5ccccc56)c4)nc(-c4ccccc4)n3)ccc2-c2cc3ccccc3cc21. The number of rotatable bonds is 6. The Balaban J connectivity index is 1.04. The van der Waals surface area contributed by atoms with Crippen molar-refractivity contribution in [3.8, 4) is 78.4 Å². The molecule has 62 heavy (non-hydrogen) atoms. The van der Waals surface area contributed by atoms with Crippen molar-refractivity contribution in [2.75, 3.05) is 0 Å². The summed E-state index contributed by atoms with van der Waals surface area (Å²) in [5.74, 6) is 0.677. The van der Waals surface area contributed by atoms with E-state index in [1.165, 1.54) is 38.6 Å². The third-order valence-electron chi connectivity index (χ3n) is 12.9. The van der Waals surface area contributed by atoms with E-state index in [4.69, 9.17) is 14.4 Å². The predicted molar refractivity (Wildman–Crippen MR) is 257 cm³/mol. The van der Waals surface area contributed by atoms with Crippen LogP contribution >= 0.6 is 0 Å². The minimum absolute atomic E-state index is 0.156. The Bertz CT molecular complexity index is 3540. The van der Waals surface area contributed by atoms with Crippen molar-refractivity contribution in [2.45, 2.75) is 19.3 Å². The Labute approximate surface area is 360 Å². The number of fused-ring (bicyclic) bond motifs is 7. The van der Waals surface area contributed by atoms with Crippen molar-refractivity contribution in [2.24, 2.45) is 0 Å². The summed E-state index contributed by atoms with van der Waals surface area (Å²) < 4.78 is 6.59.